The van der Waals surface area contributed by atoms with Crippen LogP contribution in [0.4, 0.5) is 5.69 Å². The molecular formula is C15H22ClN3OS. The van der Waals surface area contributed by atoms with Crippen LogP contribution in [0.15, 0.2) is 18.2 Å². The van der Waals surface area contributed by atoms with Crippen molar-refractivity contribution in [3.8, 4) is 5.75 Å². The van der Waals surface area contributed by atoms with Gasteiger partial charge in [0.25, 0.3) is 0 Å². The number of nitrogens with one attached hydrogen (secondary N) is 2. The average Bonchev–Trinajstić information content (AvgIpc) is 2.45. The van der Waals surface area contributed by atoms with Crippen molar-refractivity contribution in [3.63, 3.8) is 0 Å². The Labute approximate surface area is 136 Å². The van der Waals surface area contributed by atoms with Gasteiger partial charge in [-0.15, -0.1) is 0 Å². The molecule has 116 valence electrons. The van der Waals surface area contributed by atoms with Crippen molar-refractivity contribution in [2.24, 2.45) is 5.92 Å². The number of hydrogen-bond donors (Lipinski definition) is 2. The Morgan fingerprint density at radius 1 is 1.52 bits per heavy atom. The molecule has 1 atom stereocenters. The fourth-order valence-electron chi connectivity index (χ4n) is 2.62. The summed E-state index contributed by atoms with van der Waals surface area (Å²) in [5, 5.41) is 7.69. The van der Waals surface area contributed by atoms with E-state index in [1.807, 2.05) is 12.1 Å². The third kappa shape index (κ3) is 5.02. The lowest BCUT2D eigenvalue weighted by atomic mass is 9.99. The molecule has 21 heavy (non-hydrogen) atoms. The van der Waals surface area contributed by atoms with Crippen LogP contribution in [-0.4, -0.2) is 43.8 Å². The number of anilines is 1. The maximum Gasteiger partial charge on any atom is 0.170 e. The summed E-state index contributed by atoms with van der Waals surface area (Å²) >= 11 is 11.4. The van der Waals surface area contributed by atoms with Crippen LogP contribution < -0.4 is 15.4 Å². The van der Waals surface area contributed by atoms with Gasteiger partial charge in [0.05, 0.1) is 12.8 Å². The summed E-state index contributed by atoms with van der Waals surface area (Å²) in [5.74, 6) is 1.37. The highest BCUT2D eigenvalue weighted by Crippen LogP contribution is 2.27. The van der Waals surface area contributed by atoms with E-state index in [4.69, 9.17) is 28.6 Å². The van der Waals surface area contributed by atoms with E-state index >= 15 is 0 Å². The van der Waals surface area contributed by atoms with Gasteiger partial charge in [0, 0.05) is 18.1 Å². The van der Waals surface area contributed by atoms with Crippen LogP contribution in [0.2, 0.25) is 5.02 Å². The molecule has 2 rings (SSSR count). The van der Waals surface area contributed by atoms with E-state index in [0.717, 1.165) is 24.5 Å². The maximum atomic E-state index is 6.01. The van der Waals surface area contributed by atoms with Gasteiger partial charge in [0.15, 0.2) is 5.11 Å². The zero-order chi connectivity index (χ0) is 15.2. The number of hydrogen-bond acceptors (Lipinski definition) is 3. The number of piperidine rings is 1. The second-order valence-corrected chi connectivity index (χ2v) is 6.29. The highest BCUT2D eigenvalue weighted by Gasteiger charge is 2.17. The second-order valence-electron chi connectivity index (χ2n) is 5.45. The van der Waals surface area contributed by atoms with Gasteiger partial charge in [-0.1, -0.05) is 11.6 Å². The summed E-state index contributed by atoms with van der Waals surface area (Å²) in [7, 11) is 3.79. The summed E-state index contributed by atoms with van der Waals surface area (Å²) in [4.78, 5) is 2.37. The molecule has 1 aromatic carbocycles. The standard InChI is InChI=1S/C15H22ClN3OS/c1-19-7-3-4-11(10-19)9-17-15(21)18-13-8-12(16)5-6-14(13)20-2/h5-6,8,11H,3-4,7,9-10H2,1-2H3,(H2,17,18,21)/t11-/m1/s1. The molecule has 0 bridgehead atoms. The van der Waals surface area contributed by atoms with Crippen LogP contribution in [-0.2, 0) is 0 Å². The van der Waals surface area contributed by atoms with Crippen LogP contribution in [0.3, 0.4) is 0 Å². The Bertz CT molecular complexity index is 498. The smallest absolute Gasteiger partial charge is 0.170 e. The van der Waals surface area contributed by atoms with Crippen molar-refractivity contribution in [2.45, 2.75) is 12.8 Å². The number of benzene rings is 1. The van der Waals surface area contributed by atoms with Gasteiger partial charge in [-0.05, 0) is 62.8 Å². The van der Waals surface area contributed by atoms with Crippen LogP contribution in [0, 0.1) is 5.92 Å². The highest BCUT2D eigenvalue weighted by molar-refractivity contribution is 7.80. The van der Waals surface area contributed by atoms with Crippen LogP contribution >= 0.6 is 23.8 Å². The van der Waals surface area contributed by atoms with E-state index < -0.39 is 0 Å². The Balaban J connectivity index is 1.85. The number of thiocarbonyl (C=S) groups is 1. The summed E-state index contributed by atoms with van der Waals surface area (Å²) in [6, 6.07) is 5.42. The van der Waals surface area contributed by atoms with E-state index in [2.05, 4.69) is 22.6 Å². The van der Waals surface area contributed by atoms with E-state index in [9.17, 15) is 0 Å². The Kier molecular flexibility index (Phi) is 6.08. The minimum atomic E-state index is 0.601. The fraction of sp³-hybridized carbons (Fsp3) is 0.533. The van der Waals surface area contributed by atoms with E-state index in [-0.39, 0.29) is 0 Å². The molecule has 0 radical (unpaired) electrons. The molecule has 1 fully saturated rings. The van der Waals surface area contributed by atoms with Gasteiger partial charge < -0.3 is 20.3 Å². The first-order valence-electron chi connectivity index (χ1n) is 7.15. The molecule has 0 unspecified atom stereocenters. The predicted molar refractivity (Wildman–Crippen MR) is 92.4 cm³/mol. The summed E-state index contributed by atoms with van der Waals surface area (Å²) in [5.41, 5.74) is 0.781. The van der Waals surface area contributed by atoms with Crippen molar-refractivity contribution in [1.29, 1.82) is 0 Å². The number of halogens is 1. The fourth-order valence-corrected chi connectivity index (χ4v) is 2.99. The average molecular weight is 328 g/mol. The second kappa shape index (κ2) is 7.82. The van der Waals surface area contributed by atoms with Crippen molar-refractivity contribution >= 4 is 34.6 Å². The number of ether oxygens (including phenoxy) is 1. The van der Waals surface area contributed by atoms with Crippen LogP contribution in [0.1, 0.15) is 12.8 Å². The lowest BCUT2D eigenvalue weighted by Crippen LogP contribution is -2.40. The van der Waals surface area contributed by atoms with Gasteiger partial charge in [-0.25, -0.2) is 0 Å². The summed E-state index contributed by atoms with van der Waals surface area (Å²) < 4.78 is 5.29. The monoisotopic (exact) mass is 327 g/mol. The molecule has 0 saturated carbocycles. The van der Waals surface area contributed by atoms with Crippen molar-refractivity contribution in [3.05, 3.63) is 23.2 Å². The zero-order valence-electron chi connectivity index (χ0n) is 12.5. The first-order chi connectivity index (χ1) is 10.1. The minimum absolute atomic E-state index is 0.601. The first kappa shape index (κ1) is 16.3. The van der Waals surface area contributed by atoms with Crippen LogP contribution in [0.25, 0.3) is 0 Å². The molecular weight excluding hydrogens is 306 g/mol. The molecule has 1 heterocycles. The lowest BCUT2D eigenvalue weighted by molar-refractivity contribution is 0.211. The minimum Gasteiger partial charge on any atom is -0.495 e. The molecule has 1 aromatic rings. The molecule has 0 amide bonds. The zero-order valence-corrected chi connectivity index (χ0v) is 14.1. The van der Waals surface area contributed by atoms with E-state index in [1.165, 1.54) is 19.4 Å². The quantitative estimate of drug-likeness (QED) is 0.832. The van der Waals surface area contributed by atoms with Gasteiger partial charge >= 0.3 is 0 Å². The summed E-state index contributed by atoms with van der Waals surface area (Å²) in [6.07, 6.45) is 2.51. The number of methoxy groups -OCH3 is 1. The van der Waals surface area contributed by atoms with E-state index in [0.29, 0.717) is 16.1 Å². The molecule has 1 aliphatic rings. The molecule has 2 N–H and O–H groups in total. The molecule has 6 heteroatoms. The Morgan fingerprint density at radius 3 is 3.05 bits per heavy atom. The van der Waals surface area contributed by atoms with E-state index in [1.54, 1.807) is 13.2 Å². The van der Waals surface area contributed by atoms with Gasteiger partial charge in [-0.2, -0.15) is 0 Å². The molecule has 1 saturated heterocycles. The number of nitrogens with zero attached hydrogens (tertiary/aromatic N) is 1. The van der Waals surface area contributed by atoms with Crippen molar-refractivity contribution in [2.75, 3.05) is 39.1 Å². The molecule has 1 aliphatic heterocycles. The molecule has 4 nitrogen and oxygen atoms in total. The maximum absolute atomic E-state index is 6.01. The molecule has 0 aromatic heterocycles. The van der Waals surface area contributed by atoms with Crippen LogP contribution in [0.5, 0.6) is 5.75 Å². The number of likely N-dealkylation sites (tertiary alicyclic amines) is 1. The largest absolute Gasteiger partial charge is 0.495 e. The molecule has 0 spiro atoms. The molecule has 0 aliphatic carbocycles. The lowest BCUT2D eigenvalue weighted by Gasteiger charge is -2.30. The van der Waals surface area contributed by atoms with Crippen molar-refractivity contribution < 1.29 is 4.74 Å². The van der Waals surface area contributed by atoms with Crippen molar-refractivity contribution in [1.82, 2.24) is 10.2 Å². The summed E-state index contributed by atoms with van der Waals surface area (Å²) in [6.45, 7) is 3.20. The van der Waals surface area contributed by atoms with Gasteiger partial charge in [-0.3, -0.25) is 0 Å². The number of rotatable bonds is 4. The van der Waals surface area contributed by atoms with Gasteiger partial charge in [0.1, 0.15) is 5.75 Å². The predicted octanol–water partition coefficient (Wildman–Crippen LogP) is 2.98. The third-order valence-electron chi connectivity index (χ3n) is 3.68. The normalized spacial score (nSPS) is 19.1. The third-order valence-corrected chi connectivity index (χ3v) is 4.16. The Hall–Kier alpha value is -1.04. The SMILES string of the molecule is COc1ccc(Cl)cc1NC(=S)NC[C@H]1CCCN(C)C1. The topological polar surface area (TPSA) is 36.5 Å². The first-order valence-corrected chi connectivity index (χ1v) is 7.94. The Morgan fingerprint density at radius 2 is 2.33 bits per heavy atom. The van der Waals surface area contributed by atoms with Gasteiger partial charge in [0.2, 0.25) is 0 Å². The highest BCUT2D eigenvalue weighted by atomic mass is 35.5.